The highest BCUT2D eigenvalue weighted by Crippen LogP contribution is 2.13. The molecule has 0 saturated carbocycles. The zero-order valence-corrected chi connectivity index (χ0v) is 7.97. The van der Waals surface area contributed by atoms with Crippen LogP contribution in [0.4, 0.5) is 14.5 Å². The molecule has 0 aliphatic rings. The van der Waals surface area contributed by atoms with Gasteiger partial charge in [0.1, 0.15) is 5.69 Å². The van der Waals surface area contributed by atoms with E-state index in [2.05, 4.69) is 5.10 Å². The lowest BCUT2D eigenvalue weighted by atomic mass is 10.3. The lowest BCUT2D eigenvalue weighted by Crippen LogP contribution is -2.31. The van der Waals surface area contributed by atoms with E-state index in [0.717, 1.165) is 0 Å². The van der Waals surface area contributed by atoms with E-state index < -0.39 is 17.3 Å². The summed E-state index contributed by atoms with van der Waals surface area (Å²) in [6.45, 7) is 4.36. The monoisotopic (exact) mass is 203 g/mol. The van der Waals surface area contributed by atoms with Crippen molar-refractivity contribution in [2.24, 2.45) is 0 Å². The first-order valence-electron chi connectivity index (χ1n) is 4.30. The molecule has 0 unspecified atom stereocenters. The van der Waals surface area contributed by atoms with E-state index in [0.29, 0.717) is 13.1 Å². The first kappa shape index (κ1) is 10.6. The molecule has 6 heteroatoms. The fourth-order valence-corrected chi connectivity index (χ4v) is 1.22. The second-order valence-corrected chi connectivity index (χ2v) is 2.68. The number of aromatic amines is 1. The summed E-state index contributed by atoms with van der Waals surface area (Å²) in [5, 5.41) is 4.78. The van der Waals surface area contributed by atoms with Gasteiger partial charge in [0.15, 0.2) is 0 Å². The summed E-state index contributed by atoms with van der Waals surface area (Å²) in [6, 6.07) is 0. The quantitative estimate of drug-likeness (QED) is 0.793. The van der Waals surface area contributed by atoms with E-state index in [4.69, 9.17) is 0 Å². The Morgan fingerprint density at radius 2 is 1.93 bits per heavy atom. The van der Waals surface area contributed by atoms with Crippen LogP contribution in [0.3, 0.4) is 0 Å². The van der Waals surface area contributed by atoms with Gasteiger partial charge in [0.25, 0.3) is 11.5 Å². The van der Waals surface area contributed by atoms with E-state index >= 15 is 0 Å². The molecule has 0 aliphatic heterocycles. The van der Waals surface area contributed by atoms with Crippen LogP contribution in [-0.4, -0.2) is 23.3 Å². The molecule has 0 atom stereocenters. The molecule has 0 bridgehead atoms. The van der Waals surface area contributed by atoms with E-state index in [1.165, 1.54) is 4.90 Å². The molecule has 0 aliphatic carbocycles. The third-order valence-corrected chi connectivity index (χ3v) is 1.94. The Morgan fingerprint density at radius 3 is 2.43 bits per heavy atom. The Balaban J connectivity index is 3.31. The Hall–Kier alpha value is -1.46. The topological polar surface area (TPSA) is 49.0 Å². The Bertz CT molecular complexity index is 373. The predicted molar refractivity (Wildman–Crippen MR) is 48.3 cm³/mol. The minimum absolute atomic E-state index is 0.289. The van der Waals surface area contributed by atoms with Crippen molar-refractivity contribution in [3.63, 3.8) is 0 Å². The third kappa shape index (κ3) is 1.73. The highest BCUT2D eigenvalue weighted by Gasteiger charge is 2.17. The number of hydrogen-bond donors (Lipinski definition) is 1. The van der Waals surface area contributed by atoms with Crippen LogP contribution in [0, 0.1) is 11.8 Å². The Labute approximate surface area is 79.6 Å². The number of H-pyrrole nitrogens is 1. The van der Waals surface area contributed by atoms with Gasteiger partial charge in [0.2, 0.25) is 5.82 Å². The van der Waals surface area contributed by atoms with Crippen molar-refractivity contribution in [1.29, 1.82) is 0 Å². The normalized spacial score (nSPS) is 10.3. The van der Waals surface area contributed by atoms with Crippen molar-refractivity contribution in [3.05, 3.63) is 22.1 Å². The molecular weight excluding hydrogens is 192 g/mol. The van der Waals surface area contributed by atoms with Crippen LogP contribution in [-0.2, 0) is 0 Å². The second-order valence-electron chi connectivity index (χ2n) is 2.68. The van der Waals surface area contributed by atoms with Gasteiger partial charge >= 0.3 is 0 Å². The molecule has 0 saturated heterocycles. The maximum absolute atomic E-state index is 13.2. The molecule has 1 aromatic heterocycles. The zero-order chi connectivity index (χ0) is 10.7. The van der Waals surface area contributed by atoms with Crippen LogP contribution < -0.4 is 10.5 Å². The molecule has 1 N–H and O–H groups in total. The van der Waals surface area contributed by atoms with Crippen molar-refractivity contribution in [2.75, 3.05) is 18.0 Å². The molecule has 0 aromatic carbocycles. The van der Waals surface area contributed by atoms with Crippen molar-refractivity contribution in [2.45, 2.75) is 13.8 Å². The number of hydrogen-bond acceptors (Lipinski definition) is 3. The van der Waals surface area contributed by atoms with Crippen LogP contribution in [0.2, 0.25) is 0 Å². The van der Waals surface area contributed by atoms with Crippen LogP contribution in [0.1, 0.15) is 13.8 Å². The molecule has 4 nitrogen and oxygen atoms in total. The smallest absolute Gasteiger partial charge is 0.290 e. The number of aromatic nitrogens is 2. The van der Waals surface area contributed by atoms with Crippen molar-refractivity contribution in [3.8, 4) is 0 Å². The summed E-state index contributed by atoms with van der Waals surface area (Å²) in [4.78, 5) is 12.6. The number of nitrogens with zero attached hydrogens (tertiary/aromatic N) is 2. The zero-order valence-electron chi connectivity index (χ0n) is 7.97. The molecule has 0 fully saturated rings. The minimum atomic E-state index is -1.29. The molecule has 1 rings (SSSR count). The van der Waals surface area contributed by atoms with Gasteiger partial charge in [-0.05, 0) is 13.8 Å². The largest absolute Gasteiger partial charge is 0.365 e. The van der Waals surface area contributed by atoms with Gasteiger partial charge in [-0.25, -0.2) is 5.10 Å². The average Bonchev–Trinajstić information content (AvgIpc) is 2.19. The van der Waals surface area contributed by atoms with Crippen molar-refractivity contribution < 1.29 is 8.78 Å². The first-order valence-corrected chi connectivity index (χ1v) is 4.30. The molecular formula is C8H11F2N3O. The van der Waals surface area contributed by atoms with Gasteiger partial charge in [-0.1, -0.05) is 0 Å². The average molecular weight is 203 g/mol. The van der Waals surface area contributed by atoms with E-state index in [-0.39, 0.29) is 5.69 Å². The molecule has 0 radical (unpaired) electrons. The van der Waals surface area contributed by atoms with Gasteiger partial charge < -0.3 is 4.90 Å². The number of halogens is 2. The summed E-state index contributed by atoms with van der Waals surface area (Å²) in [7, 11) is 0. The number of rotatable bonds is 3. The van der Waals surface area contributed by atoms with Crippen LogP contribution in [0.5, 0.6) is 0 Å². The third-order valence-electron chi connectivity index (χ3n) is 1.94. The maximum atomic E-state index is 13.2. The van der Waals surface area contributed by atoms with Crippen LogP contribution >= 0.6 is 0 Å². The van der Waals surface area contributed by atoms with Crippen molar-refractivity contribution in [1.82, 2.24) is 10.2 Å². The highest BCUT2D eigenvalue weighted by molar-refractivity contribution is 5.44. The standard InChI is InChI=1S/C8H11F2N3O/c1-3-13(4-2)6-5(9)7(10)11-12-8(6)14/h3-4H2,1-2H3,(H,12,14). The van der Waals surface area contributed by atoms with Gasteiger partial charge in [0, 0.05) is 13.1 Å². The molecule has 0 spiro atoms. The fourth-order valence-electron chi connectivity index (χ4n) is 1.22. The second kappa shape index (κ2) is 4.17. The summed E-state index contributed by atoms with van der Waals surface area (Å²) in [5.41, 5.74) is -1.00. The van der Waals surface area contributed by atoms with E-state index in [1.807, 2.05) is 5.10 Å². The lowest BCUT2D eigenvalue weighted by molar-refractivity contribution is 0.461. The molecule has 1 heterocycles. The van der Waals surface area contributed by atoms with Gasteiger partial charge in [0.05, 0.1) is 0 Å². The number of anilines is 1. The molecule has 14 heavy (non-hydrogen) atoms. The van der Waals surface area contributed by atoms with Gasteiger partial charge in [-0.3, -0.25) is 4.79 Å². The summed E-state index contributed by atoms with van der Waals surface area (Å²) in [5.74, 6) is -2.48. The van der Waals surface area contributed by atoms with E-state index in [9.17, 15) is 13.6 Å². The molecule has 0 amide bonds. The van der Waals surface area contributed by atoms with Crippen molar-refractivity contribution >= 4 is 5.69 Å². The van der Waals surface area contributed by atoms with Gasteiger partial charge in [-0.15, -0.1) is 5.10 Å². The Morgan fingerprint density at radius 1 is 1.36 bits per heavy atom. The summed E-state index contributed by atoms with van der Waals surface area (Å²) >= 11 is 0. The van der Waals surface area contributed by atoms with Crippen LogP contribution in [0.15, 0.2) is 4.79 Å². The summed E-state index contributed by atoms with van der Waals surface area (Å²) < 4.78 is 25.9. The Kier molecular flexibility index (Phi) is 3.16. The summed E-state index contributed by atoms with van der Waals surface area (Å²) in [6.07, 6.45) is 0. The van der Waals surface area contributed by atoms with Gasteiger partial charge in [-0.2, -0.15) is 8.78 Å². The molecule has 1 aromatic rings. The predicted octanol–water partition coefficient (Wildman–Crippen LogP) is 0.894. The fraction of sp³-hybridized carbons (Fsp3) is 0.500. The maximum Gasteiger partial charge on any atom is 0.290 e. The number of nitrogens with one attached hydrogen (secondary N) is 1. The molecule has 78 valence electrons. The van der Waals surface area contributed by atoms with E-state index in [1.54, 1.807) is 13.8 Å². The van der Waals surface area contributed by atoms with Crippen LogP contribution in [0.25, 0.3) is 0 Å². The first-order chi connectivity index (χ1) is 6.61. The SMILES string of the molecule is CCN(CC)c1c(F)c(F)n[nH]c1=O. The highest BCUT2D eigenvalue weighted by atomic mass is 19.2. The minimum Gasteiger partial charge on any atom is -0.365 e. The lowest BCUT2D eigenvalue weighted by Gasteiger charge is -2.19.